The van der Waals surface area contributed by atoms with Crippen LogP contribution in [0.2, 0.25) is 0 Å². The van der Waals surface area contributed by atoms with Gasteiger partial charge in [-0.3, -0.25) is 9.80 Å². The second-order valence-corrected chi connectivity index (χ2v) is 7.27. The molecule has 2 fully saturated rings. The van der Waals surface area contributed by atoms with Gasteiger partial charge in [0.1, 0.15) is 0 Å². The van der Waals surface area contributed by atoms with Gasteiger partial charge in [-0.1, -0.05) is 6.07 Å². The first kappa shape index (κ1) is 14.5. The fourth-order valence-electron chi connectivity index (χ4n) is 3.52. The van der Waals surface area contributed by atoms with E-state index in [1.54, 1.807) is 0 Å². The molecule has 112 valence electrons. The lowest BCUT2D eigenvalue weighted by Crippen LogP contribution is -2.41. The molecule has 20 heavy (non-hydrogen) atoms. The van der Waals surface area contributed by atoms with Gasteiger partial charge < -0.3 is 5.32 Å². The summed E-state index contributed by atoms with van der Waals surface area (Å²) in [7, 11) is 0. The predicted octanol–water partition coefficient (Wildman–Crippen LogP) is 2.40. The number of nitrogens with zero attached hydrogens (tertiary/aromatic N) is 2. The molecule has 4 heteroatoms. The van der Waals surface area contributed by atoms with Crippen LogP contribution >= 0.6 is 11.3 Å². The summed E-state index contributed by atoms with van der Waals surface area (Å²) in [4.78, 5) is 6.82. The first-order valence-corrected chi connectivity index (χ1v) is 8.92. The lowest BCUT2D eigenvalue weighted by Gasteiger charge is -2.27. The van der Waals surface area contributed by atoms with Crippen molar-refractivity contribution < 1.29 is 0 Å². The van der Waals surface area contributed by atoms with Crippen molar-refractivity contribution in [3.8, 4) is 0 Å². The smallest absolute Gasteiger partial charge is 0.0300 e. The molecule has 0 aliphatic carbocycles. The standard InChI is InChI=1S/C16H27N3S/c1-14(11-17-12-16-5-4-10-20-16)19-9-6-15(13-19)18-7-2-3-8-18/h4-5,10,14-15,17H,2-3,6-9,11-13H2,1H3. The monoisotopic (exact) mass is 293 g/mol. The Labute approximate surface area is 127 Å². The summed E-state index contributed by atoms with van der Waals surface area (Å²) < 4.78 is 0. The Morgan fingerprint density at radius 1 is 1.35 bits per heavy atom. The maximum atomic E-state index is 3.60. The van der Waals surface area contributed by atoms with Crippen LogP contribution in [0.25, 0.3) is 0 Å². The normalized spacial score (nSPS) is 26.4. The fourth-order valence-corrected chi connectivity index (χ4v) is 4.19. The van der Waals surface area contributed by atoms with Gasteiger partial charge in [0.25, 0.3) is 0 Å². The second-order valence-electron chi connectivity index (χ2n) is 6.24. The number of nitrogens with one attached hydrogen (secondary N) is 1. The minimum absolute atomic E-state index is 0.655. The van der Waals surface area contributed by atoms with Gasteiger partial charge in [0.15, 0.2) is 0 Å². The van der Waals surface area contributed by atoms with Crippen molar-refractivity contribution in [1.29, 1.82) is 0 Å². The summed E-state index contributed by atoms with van der Waals surface area (Å²) in [6.07, 6.45) is 4.19. The Morgan fingerprint density at radius 2 is 2.20 bits per heavy atom. The third-order valence-electron chi connectivity index (χ3n) is 4.79. The maximum Gasteiger partial charge on any atom is 0.0300 e. The molecule has 0 radical (unpaired) electrons. The molecule has 3 nitrogen and oxygen atoms in total. The molecule has 0 bridgehead atoms. The van der Waals surface area contributed by atoms with Crippen LogP contribution in [-0.2, 0) is 6.54 Å². The molecule has 1 aromatic rings. The van der Waals surface area contributed by atoms with Crippen LogP contribution in [0.4, 0.5) is 0 Å². The molecular formula is C16H27N3S. The maximum absolute atomic E-state index is 3.60. The molecule has 1 N–H and O–H groups in total. The Hall–Kier alpha value is -0.420. The van der Waals surface area contributed by atoms with E-state index < -0.39 is 0 Å². The zero-order chi connectivity index (χ0) is 13.8. The number of rotatable bonds is 6. The highest BCUT2D eigenvalue weighted by Crippen LogP contribution is 2.21. The fraction of sp³-hybridized carbons (Fsp3) is 0.750. The largest absolute Gasteiger partial charge is 0.310 e. The molecule has 2 saturated heterocycles. The summed E-state index contributed by atoms with van der Waals surface area (Å²) >= 11 is 1.84. The Bertz CT molecular complexity index is 386. The minimum Gasteiger partial charge on any atom is -0.310 e. The van der Waals surface area contributed by atoms with Crippen molar-refractivity contribution in [2.45, 2.75) is 44.8 Å². The molecule has 2 atom stereocenters. The number of thiophene rings is 1. The van der Waals surface area contributed by atoms with Gasteiger partial charge in [0, 0.05) is 43.1 Å². The third-order valence-corrected chi connectivity index (χ3v) is 5.67. The SMILES string of the molecule is CC(CNCc1cccs1)N1CCC(N2CCCC2)C1. The zero-order valence-electron chi connectivity index (χ0n) is 12.6. The van der Waals surface area contributed by atoms with Gasteiger partial charge in [-0.05, 0) is 50.7 Å². The molecule has 3 rings (SSSR count). The summed E-state index contributed by atoms with van der Waals surface area (Å²) in [6.45, 7) is 9.72. The van der Waals surface area contributed by atoms with Gasteiger partial charge >= 0.3 is 0 Å². The highest BCUT2D eigenvalue weighted by atomic mass is 32.1. The lowest BCUT2D eigenvalue weighted by atomic mass is 10.2. The van der Waals surface area contributed by atoms with Crippen molar-refractivity contribution in [2.24, 2.45) is 0 Å². The molecule has 0 amide bonds. The van der Waals surface area contributed by atoms with E-state index in [4.69, 9.17) is 0 Å². The summed E-state index contributed by atoms with van der Waals surface area (Å²) in [5.41, 5.74) is 0. The first-order valence-electron chi connectivity index (χ1n) is 8.04. The van der Waals surface area contributed by atoms with E-state index >= 15 is 0 Å². The van der Waals surface area contributed by atoms with Gasteiger partial charge in [0.05, 0.1) is 0 Å². The third kappa shape index (κ3) is 3.61. The molecule has 2 aliphatic rings. The quantitative estimate of drug-likeness (QED) is 0.869. The Kier molecular flexibility index (Phi) is 5.10. The van der Waals surface area contributed by atoms with Gasteiger partial charge in [0.2, 0.25) is 0 Å². The molecule has 0 aromatic carbocycles. The van der Waals surface area contributed by atoms with Crippen molar-refractivity contribution in [3.05, 3.63) is 22.4 Å². The van der Waals surface area contributed by atoms with E-state index in [1.165, 1.54) is 50.3 Å². The van der Waals surface area contributed by atoms with Crippen LogP contribution in [-0.4, -0.2) is 54.6 Å². The van der Waals surface area contributed by atoms with E-state index in [9.17, 15) is 0 Å². The Morgan fingerprint density at radius 3 is 2.95 bits per heavy atom. The molecule has 2 unspecified atom stereocenters. The number of hydrogen-bond acceptors (Lipinski definition) is 4. The second kappa shape index (κ2) is 7.03. The Balaban J connectivity index is 1.38. The summed E-state index contributed by atoms with van der Waals surface area (Å²) in [6, 6.07) is 5.83. The van der Waals surface area contributed by atoms with Crippen LogP contribution in [0.3, 0.4) is 0 Å². The molecular weight excluding hydrogens is 266 g/mol. The zero-order valence-corrected chi connectivity index (χ0v) is 13.4. The average molecular weight is 293 g/mol. The van der Waals surface area contributed by atoms with E-state index in [-0.39, 0.29) is 0 Å². The average Bonchev–Trinajstić information content (AvgIpc) is 3.20. The van der Waals surface area contributed by atoms with Crippen LogP contribution in [0.1, 0.15) is 31.1 Å². The van der Waals surface area contributed by atoms with Crippen LogP contribution in [0, 0.1) is 0 Å². The first-order chi connectivity index (χ1) is 9.83. The molecule has 2 aliphatic heterocycles. The lowest BCUT2D eigenvalue weighted by molar-refractivity contribution is 0.204. The highest BCUT2D eigenvalue weighted by molar-refractivity contribution is 7.09. The molecule has 0 spiro atoms. The van der Waals surface area contributed by atoms with E-state index in [1.807, 2.05) is 11.3 Å². The summed E-state index contributed by atoms with van der Waals surface area (Å²) in [5.74, 6) is 0. The topological polar surface area (TPSA) is 18.5 Å². The van der Waals surface area contributed by atoms with Crippen LogP contribution in [0.5, 0.6) is 0 Å². The van der Waals surface area contributed by atoms with Crippen molar-refractivity contribution in [2.75, 3.05) is 32.7 Å². The number of hydrogen-bond donors (Lipinski definition) is 1. The van der Waals surface area contributed by atoms with Crippen molar-refractivity contribution in [3.63, 3.8) is 0 Å². The minimum atomic E-state index is 0.655. The van der Waals surface area contributed by atoms with E-state index in [2.05, 4.69) is 39.6 Å². The number of likely N-dealkylation sites (tertiary alicyclic amines) is 2. The van der Waals surface area contributed by atoms with E-state index in [0.717, 1.165) is 19.1 Å². The highest BCUT2D eigenvalue weighted by Gasteiger charge is 2.30. The van der Waals surface area contributed by atoms with E-state index in [0.29, 0.717) is 6.04 Å². The van der Waals surface area contributed by atoms with Gasteiger partial charge in [-0.15, -0.1) is 11.3 Å². The van der Waals surface area contributed by atoms with Gasteiger partial charge in [-0.25, -0.2) is 0 Å². The molecule has 0 saturated carbocycles. The predicted molar refractivity (Wildman–Crippen MR) is 86.3 cm³/mol. The van der Waals surface area contributed by atoms with Crippen LogP contribution < -0.4 is 5.32 Å². The van der Waals surface area contributed by atoms with Crippen molar-refractivity contribution in [1.82, 2.24) is 15.1 Å². The van der Waals surface area contributed by atoms with Crippen molar-refractivity contribution >= 4 is 11.3 Å². The molecule has 1 aromatic heterocycles. The van der Waals surface area contributed by atoms with Gasteiger partial charge in [-0.2, -0.15) is 0 Å². The van der Waals surface area contributed by atoms with Crippen LogP contribution in [0.15, 0.2) is 17.5 Å². The summed E-state index contributed by atoms with van der Waals surface area (Å²) in [5, 5.41) is 5.76. The molecule has 3 heterocycles.